The van der Waals surface area contributed by atoms with Gasteiger partial charge in [0, 0.05) is 53.6 Å². The number of benzene rings is 1. The molecule has 0 spiro atoms. The summed E-state index contributed by atoms with van der Waals surface area (Å²) in [6.07, 6.45) is 3.87. The predicted octanol–water partition coefficient (Wildman–Crippen LogP) is -1.23. The molecule has 1 aromatic carbocycles. The molecule has 0 unspecified atom stereocenters. The second-order valence-electron chi connectivity index (χ2n) is 15.2. The van der Waals surface area contributed by atoms with E-state index in [0.29, 0.717) is 64.7 Å². The van der Waals surface area contributed by atoms with Crippen molar-refractivity contribution < 1.29 is 56.1 Å². The van der Waals surface area contributed by atoms with Crippen LogP contribution < -0.4 is 59.6 Å². The van der Waals surface area contributed by atoms with Crippen molar-refractivity contribution in [3.8, 4) is 11.5 Å². The number of methoxy groups -OCH3 is 1. The highest BCUT2D eigenvalue weighted by atomic mass is 35.5. The minimum absolute atomic E-state index is 0. The number of nitrogens with two attached hydrogens (primary N) is 2. The molecule has 0 radical (unpaired) electrons. The van der Waals surface area contributed by atoms with E-state index in [1.165, 1.54) is 25.4 Å². The molecule has 0 aliphatic carbocycles. The molecule has 22 heteroatoms. The molecular formula is C43H50ClN13O8. The largest absolute Gasteiger partial charge is 1.00 e. The van der Waals surface area contributed by atoms with Crippen molar-refractivity contribution in [1.82, 2.24) is 28.5 Å². The van der Waals surface area contributed by atoms with Crippen LogP contribution in [0.1, 0.15) is 78.0 Å². The van der Waals surface area contributed by atoms with Crippen LogP contribution in [0.3, 0.4) is 0 Å². The van der Waals surface area contributed by atoms with Crippen LogP contribution in [-0.4, -0.2) is 104 Å². The Morgan fingerprint density at radius 2 is 1.22 bits per heavy atom. The van der Waals surface area contributed by atoms with Gasteiger partial charge in [-0.2, -0.15) is 0 Å². The van der Waals surface area contributed by atoms with Crippen LogP contribution in [0.25, 0.3) is 0 Å². The highest BCUT2D eigenvalue weighted by molar-refractivity contribution is 6.08. The molecule has 2 aliphatic heterocycles. The lowest BCUT2D eigenvalue weighted by molar-refractivity contribution is -0.118. The van der Waals surface area contributed by atoms with Gasteiger partial charge in [-0.05, 0) is 67.4 Å². The van der Waals surface area contributed by atoms with E-state index >= 15 is 0 Å². The summed E-state index contributed by atoms with van der Waals surface area (Å²) in [4.78, 5) is 85.2. The van der Waals surface area contributed by atoms with Gasteiger partial charge in [-0.15, -0.1) is 0 Å². The first-order chi connectivity index (χ1) is 30.6. The Morgan fingerprint density at radius 3 is 1.71 bits per heavy atom. The van der Waals surface area contributed by atoms with Crippen molar-refractivity contribution in [2.24, 2.45) is 38.9 Å². The molecule has 1 saturated heterocycles. The van der Waals surface area contributed by atoms with Crippen LogP contribution in [0, 0.1) is 0 Å². The van der Waals surface area contributed by atoms with Gasteiger partial charge in [0.2, 0.25) is 11.7 Å². The number of carbonyl (C=O) groups excluding carboxylic acids is 6. The van der Waals surface area contributed by atoms with Gasteiger partial charge in [0.05, 0.1) is 43.9 Å². The second-order valence-corrected chi connectivity index (χ2v) is 15.2. The maximum absolute atomic E-state index is 13.4. The average molecular weight is 912 g/mol. The zero-order valence-electron chi connectivity index (χ0n) is 36.4. The van der Waals surface area contributed by atoms with E-state index in [1.54, 1.807) is 95.1 Å². The molecule has 9 N–H and O–H groups in total. The Balaban J connectivity index is 0.00000700. The number of nitrogens with one attached hydrogen (secondary N) is 5. The van der Waals surface area contributed by atoms with E-state index < -0.39 is 17.7 Å². The number of amides is 6. The lowest BCUT2D eigenvalue weighted by atomic mass is 10.1. The first-order valence-corrected chi connectivity index (χ1v) is 20.4. The number of hydrogen-bond acceptors (Lipinski definition) is 9. The number of aromatic nitrogens is 4. The molecule has 0 saturated carbocycles. The molecule has 4 aromatic heterocycles. The summed E-state index contributed by atoms with van der Waals surface area (Å²) in [7, 11) is 7.98. The Labute approximate surface area is 379 Å². The van der Waals surface area contributed by atoms with Crippen LogP contribution in [-0.2, 0) is 33.0 Å². The SMILES string of the molecule is COc1cc2c(cc1OCCC(=O)Nc1ccc(C(=O)Nc3ccc(C(=O)Nc4ccc(C(=O)Nc5ccc(C(=O)NCCC(N)=[NH2+])n5C)n4C)n3C)n1C)N=C[C@@H]1CCCN1C2=O.[Cl-]. The fourth-order valence-corrected chi connectivity index (χ4v) is 7.49. The zero-order valence-corrected chi connectivity index (χ0v) is 37.1. The van der Waals surface area contributed by atoms with Gasteiger partial charge in [-0.3, -0.25) is 44.9 Å². The summed E-state index contributed by atoms with van der Waals surface area (Å²) < 4.78 is 17.5. The molecule has 7 rings (SSSR count). The third-order valence-corrected chi connectivity index (χ3v) is 11.2. The molecular weight excluding hydrogens is 862 g/mol. The summed E-state index contributed by atoms with van der Waals surface area (Å²) >= 11 is 0. The van der Waals surface area contributed by atoms with Gasteiger partial charge < -0.3 is 71.6 Å². The molecule has 0 bridgehead atoms. The van der Waals surface area contributed by atoms with Crippen LogP contribution in [0.15, 0.2) is 65.7 Å². The maximum Gasteiger partial charge on any atom is 0.273 e. The molecule has 2 aliphatic rings. The van der Waals surface area contributed by atoms with Crippen LogP contribution in [0.4, 0.5) is 29.0 Å². The number of hydrogen-bond donors (Lipinski definition) is 7. The summed E-state index contributed by atoms with van der Waals surface area (Å²) in [5.74, 6) is 0.0164. The number of amidine groups is 1. The number of anilines is 4. The number of ether oxygens (including phenoxy) is 2. The summed E-state index contributed by atoms with van der Waals surface area (Å²) in [6.45, 7) is 0.936. The maximum atomic E-state index is 13.4. The highest BCUT2D eigenvalue weighted by Crippen LogP contribution is 2.38. The molecule has 1 atom stereocenters. The lowest BCUT2D eigenvalue weighted by Crippen LogP contribution is -3.00. The highest BCUT2D eigenvalue weighted by Gasteiger charge is 2.33. The van der Waals surface area contributed by atoms with Gasteiger partial charge in [-0.25, -0.2) is 0 Å². The van der Waals surface area contributed by atoms with Gasteiger partial charge in [0.1, 0.15) is 46.0 Å². The standard InChI is InChI=1S/C43H49N13O8.ClH/c1-52-27(39(58)46-18-16-33(44)45)8-13-35(52)49-41(60)29-10-15-37(54(29)3)51-42(61)30-11-14-36(55(30)4)50-40(59)28-9-12-34(53(28)2)48-38(57)17-20-64-32-22-26-25(21-31(32)63-5)43(62)56-19-6-7-24(56)23-47-26;/h8-15,21-24H,6-7,16-20H2,1-5H3,(H3,44,45)(H,46,58)(H,48,57)(H,49,60)(H,50,59)(H,51,61);1H/t24-;/m0./s1. The fourth-order valence-electron chi connectivity index (χ4n) is 7.49. The quantitative estimate of drug-likeness (QED) is 0.0461. The van der Waals surface area contributed by atoms with E-state index in [9.17, 15) is 28.8 Å². The Hall–Kier alpha value is -7.81. The molecule has 5 aromatic rings. The number of halogens is 1. The predicted molar refractivity (Wildman–Crippen MR) is 238 cm³/mol. The summed E-state index contributed by atoms with van der Waals surface area (Å²) in [5, 5.41) is 19.4. The van der Waals surface area contributed by atoms with Crippen LogP contribution in [0.5, 0.6) is 11.5 Å². The van der Waals surface area contributed by atoms with Crippen molar-refractivity contribution >= 4 is 76.5 Å². The Bertz CT molecular complexity index is 2730. The number of aliphatic imine (C=N–C) groups is 1. The van der Waals surface area contributed by atoms with Crippen molar-refractivity contribution in [2.45, 2.75) is 31.7 Å². The van der Waals surface area contributed by atoms with Gasteiger partial charge in [-0.1, -0.05) is 0 Å². The van der Waals surface area contributed by atoms with Gasteiger partial charge in [0.25, 0.3) is 29.5 Å². The van der Waals surface area contributed by atoms with Crippen molar-refractivity contribution in [1.29, 1.82) is 0 Å². The Morgan fingerprint density at radius 1 is 0.723 bits per heavy atom. The second kappa shape index (κ2) is 19.7. The van der Waals surface area contributed by atoms with E-state index in [0.717, 1.165) is 12.8 Å². The van der Waals surface area contributed by atoms with Crippen molar-refractivity contribution in [3.63, 3.8) is 0 Å². The average Bonchev–Trinajstić information content (AvgIpc) is 4.10. The zero-order chi connectivity index (χ0) is 45.8. The number of rotatable bonds is 16. The first kappa shape index (κ1) is 46.7. The first-order valence-electron chi connectivity index (χ1n) is 20.4. The van der Waals surface area contributed by atoms with Crippen molar-refractivity contribution in [2.75, 3.05) is 48.1 Å². The van der Waals surface area contributed by atoms with Gasteiger partial charge >= 0.3 is 0 Å². The minimum Gasteiger partial charge on any atom is -1.00 e. The number of carbonyl (C=O) groups is 6. The fraction of sp³-hybridized carbons (Fsp3) is 0.302. The molecule has 342 valence electrons. The van der Waals surface area contributed by atoms with E-state index in [1.807, 2.05) is 4.90 Å². The minimum atomic E-state index is -0.500. The lowest BCUT2D eigenvalue weighted by Gasteiger charge is -2.20. The third-order valence-electron chi connectivity index (χ3n) is 11.2. The number of nitrogens with zero attached hydrogens (tertiary/aromatic N) is 6. The van der Waals surface area contributed by atoms with Crippen molar-refractivity contribution in [3.05, 3.63) is 89.0 Å². The summed E-state index contributed by atoms with van der Waals surface area (Å²) in [5.41, 5.74) is 7.38. The van der Waals surface area contributed by atoms with E-state index in [4.69, 9.17) is 20.6 Å². The van der Waals surface area contributed by atoms with E-state index in [2.05, 4.69) is 31.6 Å². The van der Waals surface area contributed by atoms with Gasteiger partial charge in [0.15, 0.2) is 11.5 Å². The van der Waals surface area contributed by atoms with E-state index in [-0.39, 0.29) is 78.7 Å². The molecule has 6 amide bonds. The smallest absolute Gasteiger partial charge is 0.273 e. The summed E-state index contributed by atoms with van der Waals surface area (Å²) in [6, 6.07) is 15.8. The molecule has 1 fully saturated rings. The normalized spacial score (nSPS) is 13.8. The Kier molecular flexibility index (Phi) is 14.2. The molecule has 6 heterocycles. The monoisotopic (exact) mass is 911 g/mol. The topological polar surface area (TPSA) is 268 Å². The molecule has 65 heavy (non-hydrogen) atoms. The number of fused-ring (bicyclic) bond motifs is 2. The molecule has 21 nitrogen and oxygen atoms in total. The van der Waals surface area contributed by atoms with Crippen LogP contribution in [0.2, 0.25) is 0 Å². The van der Waals surface area contributed by atoms with Crippen LogP contribution >= 0.6 is 0 Å². The third kappa shape index (κ3) is 9.89.